The van der Waals surface area contributed by atoms with Gasteiger partial charge in [-0.2, -0.15) is 0 Å². The predicted octanol–water partition coefficient (Wildman–Crippen LogP) is 0.774. The van der Waals surface area contributed by atoms with E-state index in [4.69, 9.17) is 5.73 Å². The number of hydrogen-bond donors (Lipinski definition) is 2. The van der Waals surface area contributed by atoms with Gasteiger partial charge in [-0.15, -0.1) is 0 Å². The molecule has 0 aliphatic carbocycles. The van der Waals surface area contributed by atoms with Crippen LogP contribution in [0.1, 0.15) is 19.4 Å². The molecule has 1 fully saturated rings. The molecule has 2 rings (SSSR count). The Hall–Kier alpha value is -1.59. The minimum atomic E-state index is -0.798. The molecule has 1 heterocycles. The molecular formula is C15H23N3O2. The van der Waals surface area contributed by atoms with Gasteiger partial charge in [0.15, 0.2) is 0 Å². The summed E-state index contributed by atoms with van der Waals surface area (Å²) in [6.45, 7) is 7.36. The molecule has 5 nitrogen and oxygen atoms in total. The molecule has 3 N–H and O–H groups in total. The quantitative estimate of drug-likeness (QED) is 0.856. The lowest BCUT2D eigenvalue weighted by molar-refractivity contribution is -0.137. The van der Waals surface area contributed by atoms with Gasteiger partial charge in [0.25, 0.3) is 0 Å². The largest absolute Gasteiger partial charge is 0.508 e. The summed E-state index contributed by atoms with van der Waals surface area (Å²) >= 11 is 0. The van der Waals surface area contributed by atoms with Crippen LogP contribution in [0.25, 0.3) is 0 Å². The summed E-state index contributed by atoms with van der Waals surface area (Å²) in [5, 5.41) is 9.46. The average Bonchev–Trinajstić information content (AvgIpc) is 2.38. The fourth-order valence-corrected chi connectivity index (χ4v) is 2.43. The van der Waals surface area contributed by atoms with E-state index in [1.165, 1.54) is 0 Å². The maximum Gasteiger partial charge on any atom is 0.242 e. The third-order valence-corrected chi connectivity index (χ3v) is 3.53. The van der Waals surface area contributed by atoms with E-state index in [1.54, 1.807) is 26.0 Å². The highest BCUT2D eigenvalue weighted by Gasteiger charge is 2.30. The van der Waals surface area contributed by atoms with E-state index >= 15 is 0 Å². The molecule has 0 atom stereocenters. The molecule has 1 amide bonds. The van der Waals surface area contributed by atoms with Gasteiger partial charge in [-0.1, -0.05) is 12.1 Å². The van der Waals surface area contributed by atoms with Crippen LogP contribution in [0.2, 0.25) is 0 Å². The Morgan fingerprint density at radius 3 is 2.50 bits per heavy atom. The van der Waals surface area contributed by atoms with Gasteiger partial charge in [-0.25, -0.2) is 0 Å². The molecule has 0 saturated carbocycles. The van der Waals surface area contributed by atoms with Crippen molar-refractivity contribution in [3.8, 4) is 5.75 Å². The first kappa shape index (κ1) is 14.8. The second-order valence-electron chi connectivity index (χ2n) is 5.96. The van der Waals surface area contributed by atoms with E-state index in [-0.39, 0.29) is 5.91 Å². The first-order valence-corrected chi connectivity index (χ1v) is 6.95. The maximum absolute atomic E-state index is 12.1. The molecule has 20 heavy (non-hydrogen) atoms. The Kier molecular flexibility index (Phi) is 4.30. The molecule has 1 aliphatic heterocycles. The molecule has 1 aromatic carbocycles. The first-order chi connectivity index (χ1) is 9.36. The lowest BCUT2D eigenvalue weighted by Gasteiger charge is -2.37. The molecule has 1 saturated heterocycles. The monoisotopic (exact) mass is 277 g/mol. The van der Waals surface area contributed by atoms with Crippen molar-refractivity contribution < 1.29 is 9.90 Å². The summed E-state index contributed by atoms with van der Waals surface area (Å²) in [6.07, 6.45) is 0. The van der Waals surface area contributed by atoms with Crippen LogP contribution in [0.3, 0.4) is 0 Å². The van der Waals surface area contributed by atoms with Crippen LogP contribution in [-0.2, 0) is 11.3 Å². The summed E-state index contributed by atoms with van der Waals surface area (Å²) < 4.78 is 0. The number of amides is 1. The Balaban J connectivity index is 1.87. The number of piperazine rings is 1. The molecule has 5 heteroatoms. The molecule has 0 unspecified atom stereocenters. The number of phenolic OH excluding ortho intramolecular Hbond substituents is 1. The third-order valence-electron chi connectivity index (χ3n) is 3.53. The fraction of sp³-hybridized carbons (Fsp3) is 0.533. The Morgan fingerprint density at radius 1 is 1.30 bits per heavy atom. The summed E-state index contributed by atoms with van der Waals surface area (Å²) in [7, 11) is 0. The standard InChI is InChI=1S/C15H23N3O2/c1-15(2,16)14(20)18-8-6-17(7-9-18)11-12-4-3-5-13(19)10-12/h3-5,10,19H,6-9,11,16H2,1-2H3. The van der Waals surface area contributed by atoms with Crippen molar-refractivity contribution in [2.24, 2.45) is 5.73 Å². The lowest BCUT2D eigenvalue weighted by atomic mass is 10.0. The van der Waals surface area contributed by atoms with Gasteiger partial charge in [0, 0.05) is 32.7 Å². The van der Waals surface area contributed by atoms with Gasteiger partial charge in [0.05, 0.1) is 5.54 Å². The number of aromatic hydroxyl groups is 1. The number of rotatable bonds is 3. The summed E-state index contributed by atoms with van der Waals surface area (Å²) in [4.78, 5) is 16.2. The summed E-state index contributed by atoms with van der Waals surface area (Å²) in [5.41, 5.74) is 6.14. The second-order valence-corrected chi connectivity index (χ2v) is 5.96. The van der Waals surface area contributed by atoms with Crippen molar-refractivity contribution in [2.45, 2.75) is 25.9 Å². The van der Waals surface area contributed by atoms with Gasteiger partial charge < -0.3 is 15.7 Å². The van der Waals surface area contributed by atoms with Crippen molar-refractivity contribution in [3.63, 3.8) is 0 Å². The van der Waals surface area contributed by atoms with Crippen molar-refractivity contribution in [1.82, 2.24) is 9.80 Å². The average molecular weight is 277 g/mol. The summed E-state index contributed by atoms with van der Waals surface area (Å²) in [5.74, 6) is 0.302. The minimum Gasteiger partial charge on any atom is -0.508 e. The highest BCUT2D eigenvalue weighted by atomic mass is 16.3. The zero-order valence-corrected chi connectivity index (χ0v) is 12.2. The number of phenols is 1. The van der Waals surface area contributed by atoms with Crippen LogP contribution in [0.15, 0.2) is 24.3 Å². The van der Waals surface area contributed by atoms with Crippen LogP contribution in [0, 0.1) is 0 Å². The number of nitrogens with zero attached hydrogens (tertiary/aromatic N) is 2. The van der Waals surface area contributed by atoms with Crippen molar-refractivity contribution in [1.29, 1.82) is 0 Å². The first-order valence-electron chi connectivity index (χ1n) is 6.95. The highest BCUT2D eigenvalue weighted by Crippen LogP contribution is 2.15. The van der Waals surface area contributed by atoms with E-state index in [2.05, 4.69) is 4.90 Å². The SMILES string of the molecule is CC(C)(N)C(=O)N1CCN(Cc2cccc(O)c2)CC1. The fourth-order valence-electron chi connectivity index (χ4n) is 2.43. The molecule has 0 bridgehead atoms. The molecular weight excluding hydrogens is 254 g/mol. The van der Waals surface area contributed by atoms with Crippen LogP contribution in [0.5, 0.6) is 5.75 Å². The number of carbonyl (C=O) groups excluding carboxylic acids is 1. The van der Waals surface area contributed by atoms with Crippen LogP contribution in [0.4, 0.5) is 0 Å². The van der Waals surface area contributed by atoms with Gasteiger partial charge in [-0.05, 0) is 31.5 Å². The van der Waals surface area contributed by atoms with E-state index in [9.17, 15) is 9.90 Å². The number of hydrogen-bond acceptors (Lipinski definition) is 4. The number of benzene rings is 1. The van der Waals surface area contributed by atoms with Crippen LogP contribution in [-0.4, -0.2) is 52.5 Å². The zero-order chi connectivity index (χ0) is 14.8. The molecule has 0 aromatic heterocycles. The Morgan fingerprint density at radius 2 is 1.95 bits per heavy atom. The number of nitrogens with two attached hydrogens (primary N) is 1. The zero-order valence-electron chi connectivity index (χ0n) is 12.2. The molecule has 110 valence electrons. The van der Waals surface area contributed by atoms with E-state index in [0.717, 1.165) is 25.2 Å². The number of carbonyl (C=O) groups is 1. The maximum atomic E-state index is 12.1. The van der Waals surface area contributed by atoms with Crippen LogP contribution < -0.4 is 5.73 Å². The van der Waals surface area contributed by atoms with Crippen molar-refractivity contribution in [3.05, 3.63) is 29.8 Å². The normalized spacial score (nSPS) is 17.2. The molecule has 0 radical (unpaired) electrons. The van der Waals surface area contributed by atoms with Gasteiger partial charge in [-0.3, -0.25) is 9.69 Å². The molecule has 1 aromatic rings. The third kappa shape index (κ3) is 3.71. The van der Waals surface area contributed by atoms with E-state index < -0.39 is 5.54 Å². The van der Waals surface area contributed by atoms with Crippen molar-refractivity contribution in [2.75, 3.05) is 26.2 Å². The van der Waals surface area contributed by atoms with E-state index in [1.807, 2.05) is 17.0 Å². The van der Waals surface area contributed by atoms with Crippen molar-refractivity contribution >= 4 is 5.91 Å². The Bertz CT molecular complexity index is 474. The summed E-state index contributed by atoms with van der Waals surface area (Å²) in [6, 6.07) is 7.30. The van der Waals surface area contributed by atoms with Crippen LogP contribution >= 0.6 is 0 Å². The minimum absolute atomic E-state index is 0.00880. The topological polar surface area (TPSA) is 69.8 Å². The van der Waals surface area contributed by atoms with Gasteiger partial charge in [0.1, 0.15) is 5.75 Å². The molecule has 0 spiro atoms. The second kappa shape index (κ2) is 5.81. The van der Waals surface area contributed by atoms with Gasteiger partial charge in [0.2, 0.25) is 5.91 Å². The molecule has 1 aliphatic rings. The predicted molar refractivity (Wildman–Crippen MR) is 78.2 cm³/mol. The smallest absolute Gasteiger partial charge is 0.242 e. The lowest BCUT2D eigenvalue weighted by Crippen LogP contribution is -2.56. The van der Waals surface area contributed by atoms with E-state index in [0.29, 0.717) is 18.8 Å². The Labute approximate surface area is 120 Å². The van der Waals surface area contributed by atoms with Gasteiger partial charge >= 0.3 is 0 Å². The highest BCUT2D eigenvalue weighted by molar-refractivity contribution is 5.85.